The lowest BCUT2D eigenvalue weighted by Gasteiger charge is -2.12. The molecule has 0 radical (unpaired) electrons. The summed E-state index contributed by atoms with van der Waals surface area (Å²) >= 11 is 19.2. The topological polar surface area (TPSA) is 157 Å². The van der Waals surface area contributed by atoms with E-state index >= 15 is 0 Å². The van der Waals surface area contributed by atoms with Gasteiger partial charge >= 0.3 is 5.97 Å². The van der Waals surface area contributed by atoms with Gasteiger partial charge in [-0.15, -0.1) is 5.06 Å². The number of carbonyl (C=O) groups is 3. The lowest BCUT2D eigenvalue weighted by molar-refractivity contribution is -0.697. The van der Waals surface area contributed by atoms with E-state index in [1.54, 1.807) is 18.5 Å². The monoisotopic (exact) mass is 648 g/mol. The number of amides is 2. The van der Waals surface area contributed by atoms with Gasteiger partial charge in [0.25, 0.3) is 21.9 Å². The molecule has 1 aliphatic rings. The highest BCUT2D eigenvalue weighted by atomic mass is 35.5. The molecule has 2 amide bonds. The van der Waals surface area contributed by atoms with Gasteiger partial charge in [-0.05, 0) is 25.3 Å². The number of pyridine rings is 1. The number of imide groups is 1. The average Bonchev–Trinajstić information content (AvgIpc) is 3.46. The average molecular weight is 650 g/mol. The summed E-state index contributed by atoms with van der Waals surface area (Å²) in [6.07, 6.45) is 5.70. The van der Waals surface area contributed by atoms with E-state index in [2.05, 4.69) is 4.98 Å². The van der Waals surface area contributed by atoms with E-state index in [4.69, 9.17) is 53.3 Å². The molecule has 4 rings (SSSR count). The smallest absolute Gasteiger partial charge is 0.333 e. The number of rotatable bonds is 13. The molecule has 1 saturated heterocycles. The molecule has 0 unspecified atom stereocenters. The lowest BCUT2D eigenvalue weighted by atomic mass is 10.2. The first-order chi connectivity index (χ1) is 19.4. The third kappa shape index (κ3) is 8.07. The zero-order valence-corrected chi connectivity index (χ0v) is 24.6. The number of hydroxylamine groups is 2. The van der Waals surface area contributed by atoms with Crippen molar-refractivity contribution < 1.29 is 45.9 Å². The molecule has 1 N–H and O–H groups in total. The van der Waals surface area contributed by atoms with E-state index in [0.717, 1.165) is 6.42 Å². The Labute approximate surface area is 249 Å². The molecule has 3 aromatic rings. The fourth-order valence-electron chi connectivity index (χ4n) is 4.01. The molecule has 220 valence electrons. The van der Waals surface area contributed by atoms with Crippen molar-refractivity contribution in [1.29, 1.82) is 0 Å². The summed E-state index contributed by atoms with van der Waals surface area (Å²) in [5.41, 5.74) is 1.08. The fraction of sp³-hybridized carbons (Fsp3) is 0.400. The number of ether oxygens (including phenoxy) is 1. The Kier molecular flexibility index (Phi) is 10.1. The van der Waals surface area contributed by atoms with E-state index in [9.17, 15) is 22.8 Å². The van der Waals surface area contributed by atoms with Crippen LogP contribution in [-0.4, -0.2) is 53.2 Å². The number of fused-ring (bicyclic) bond motifs is 1. The van der Waals surface area contributed by atoms with E-state index in [0.29, 0.717) is 40.6 Å². The van der Waals surface area contributed by atoms with E-state index in [1.807, 2.05) is 4.57 Å². The number of halogens is 3. The molecule has 0 aliphatic carbocycles. The Morgan fingerprint density at radius 2 is 1.83 bits per heavy atom. The molecule has 2 aromatic heterocycles. The molecular weight excluding hydrogens is 625 g/mol. The summed E-state index contributed by atoms with van der Waals surface area (Å²) in [4.78, 5) is 44.2. The number of unbranched alkanes of at least 4 members (excludes halogenated alkanes) is 2. The van der Waals surface area contributed by atoms with Crippen molar-refractivity contribution in [2.75, 3.05) is 12.4 Å². The van der Waals surface area contributed by atoms with Crippen LogP contribution < -0.4 is 9.30 Å². The summed E-state index contributed by atoms with van der Waals surface area (Å²) in [6, 6.07) is 3.23. The summed E-state index contributed by atoms with van der Waals surface area (Å²) < 4.78 is 43.9. The van der Waals surface area contributed by atoms with Crippen molar-refractivity contribution >= 4 is 73.8 Å². The summed E-state index contributed by atoms with van der Waals surface area (Å²) in [5.74, 6) is -1.80. The van der Waals surface area contributed by atoms with Gasteiger partial charge in [0, 0.05) is 31.7 Å². The maximum absolute atomic E-state index is 11.9. The second-order valence-corrected chi connectivity index (χ2v) is 11.9. The number of aromatic nitrogens is 2. The summed E-state index contributed by atoms with van der Waals surface area (Å²) in [7, 11) is -4.11. The molecule has 0 saturated carbocycles. The second kappa shape index (κ2) is 13.3. The third-order valence-electron chi connectivity index (χ3n) is 6.02. The highest BCUT2D eigenvalue weighted by Crippen LogP contribution is 2.41. The Morgan fingerprint density at radius 1 is 1.10 bits per heavy atom. The van der Waals surface area contributed by atoms with Crippen molar-refractivity contribution in [3.05, 3.63) is 39.6 Å². The zero-order chi connectivity index (χ0) is 29.7. The first-order valence-corrected chi connectivity index (χ1v) is 15.3. The van der Waals surface area contributed by atoms with Gasteiger partial charge in [-0.1, -0.05) is 34.8 Å². The predicted octanol–water partition coefficient (Wildman–Crippen LogP) is 4.57. The molecule has 12 nitrogen and oxygen atoms in total. The number of oxazole rings is 1. The zero-order valence-electron chi connectivity index (χ0n) is 21.5. The van der Waals surface area contributed by atoms with Gasteiger partial charge in [0.1, 0.15) is 22.1 Å². The first-order valence-electron chi connectivity index (χ1n) is 12.5. The number of benzene rings is 1. The minimum absolute atomic E-state index is 0.0282. The molecule has 0 atom stereocenters. The van der Waals surface area contributed by atoms with Crippen molar-refractivity contribution in [3.63, 3.8) is 0 Å². The molecule has 16 heteroatoms. The summed E-state index contributed by atoms with van der Waals surface area (Å²) in [6.45, 7) is 0.562. The predicted molar refractivity (Wildman–Crippen MR) is 147 cm³/mol. The van der Waals surface area contributed by atoms with Crippen LogP contribution in [0.4, 0.5) is 0 Å². The van der Waals surface area contributed by atoms with Crippen molar-refractivity contribution in [1.82, 2.24) is 10.0 Å². The van der Waals surface area contributed by atoms with Gasteiger partial charge in [-0.2, -0.15) is 8.42 Å². The molecule has 41 heavy (non-hydrogen) atoms. The third-order valence-corrected chi connectivity index (χ3v) is 7.75. The summed E-state index contributed by atoms with van der Waals surface area (Å²) in [5, 5.41) is 1.12. The van der Waals surface area contributed by atoms with Crippen LogP contribution in [0, 0.1) is 0 Å². The van der Waals surface area contributed by atoms with Crippen molar-refractivity contribution in [2.24, 2.45) is 0 Å². The fourth-order valence-corrected chi connectivity index (χ4v) is 5.35. The Bertz CT molecular complexity index is 1580. The van der Waals surface area contributed by atoms with Crippen LogP contribution in [0.25, 0.3) is 22.6 Å². The maximum Gasteiger partial charge on any atom is 0.333 e. The molecule has 1 aromatic carbocycles. The molecule has 1 fully saturated rings. The van der Waals surface area contributed by atoms with Crippen LogP contribution in [-0.2, 0) is 35.9 Å². The van der Waals surface area contributed by atoms with Crippen LogP contribution in [0.1, 0.15) is 44.9 Å². The highest BCUT2D eigenvalue weighted by molar-refractivity contribution is 7.85. The van der Waals surface area contributed by atoms with Crippen LogP contribution in [0.5, 0.6) is 5.75 Å². The normalized spacial score (nSPS) is 13.8. The Hall–Kier alpha value is -2.97. The molecule has 0 spiro atoms. The van der Waals surface area contributed by atoms with E-state index in [-0.39, 0.29) is 59.6 Å². The minimum Gasteiger partial charge on any atom is -0.490 e. The molecule has 1 aliphatic heterocycles. The lowest BCUT2D eigenvalue weighted by Crippen LogP contribution is -2.33. The van der Waals surface area contributed by atoms with Gasteiger partial charge < -0.3 is 14.0 Å². The van der Waals surface area contributed by atoms with E-state index < -0.39 is 33.7 Å². The maximum atomic E-state index is 11.9. The van der Waals surface area contributed by atoms with Crippen molar-refractivity contribution in [2.45, 2.75) is 51.5 Å². The Morgan fingerprint density at radius 3 is 2.51 bits per heavy atom. The second-order valence-electron chi connectivity index (χ2n) is 9.16. The van der Waals surface area contributed by atoms with Gasteiger partial charge in [-0.3, -0.25) is 14.1 Å². The molecule has 0 bridgehead atoms. The highest BCUT2D eigenvalue weighted by Gasteiger charge is 2.32. The van der Waals surface area contributed by atoms with E-state index in [1.165, 1.54) is 6.07 Å². The standard InChI is InChI=1S/C25H24Cl3N3O9S/c26-16-13-18-24(22(28)23(16)38-11-4-12-41(35,36)37)39-25(29-18)15-8-10-30(14-17(15)27)9-3-1-2-5-21(34)40-31-19(32)6-7-20(31)33/h8,10,13-14H,1-7,9,11-12H2/p+1. The van der Waals surface area contributed by atoms with Gasteiger partial charge in [0.05, 0.1) is 22.9 Å². The van der Waals surface area contributed by atoms with Crippen LogP contribution in [0.15, 0.2) is 28.9 Å². The van der Waals surface area contributed by atoms with Crippen LogP contribution >= 0.6 is 34.8 Å². The minimum atomic E-state index is -4.11. The Balaban J connectivity index is 1.32. The molecular formula is C25H25Cl3N3O9S+. The van der Waals surface area contributed by atoms with Crippen molar-refractivity contribution in [3.8, 4) is 17.2 Å². The van der Waals surface area contributed by atoms with Crippen LogP contribution in [0.3, 0.4) is 0 Å². The molecule has 3 heterocycles. The van der Waals surface area contributed by atoms with Gasteiger partial charge in [0.2, 0.25) is 5.89 Å². The number of carbonyl (C=O) groups excluding carboxylic acids is 3. The van der Waals surface area contributed by atoms with Gasteiger partial charge in [-0.25, -0.2) is 14.3 Å². The van der Waals surface area contributed by atoms with Gasteiger partial charge in [0.15, 0.2) is 23.7 Å². The van der Waals surface area contributed by atoms with Crippen LogP contribution in [0.2, 0.25) is 15.1 Å². The SMILES string of the molecule is O=C(CCCCC[n+]1ccc(-c2nc3cc(Cl)c(OCCCS(=O)(=O)O)c(Cl)c3o2)c(Cl)c1)ON1C(=O)CCC1=O. The number of hydrogen-bond donors (Lipinski definition) is 1. The quantitative estimate of drug-likeness (QED) is 0.120. The number of nitrogens with zero attached hydrogens (tertiary/aromatic N) is 3. The largest absolute Gasteiger partial charge is 0.490 e. The first kappa shape index (κ1) is 31.0. The number of aryl methyl sites for hydroxylation is 1. The number of hydrogen-bond acceptors (Lipinski definition) is 9.